The molecule has 0 bridgehead atoms. The van der Waals surface area contributed by atoms with Crippen LogP contribution in [0.3, 0.4) is 0 Å². The second kappa shape index (κ2) is 6.49. The van der Waals surface area contributed by atoms with E-state index in [4.69, 9.17) is 5.73 Å². The van der Waals surface area contributed by atoms with Gasteiger partial charge in [-0.05, 0) is 55.0 Å². The van der Waals surface area contributed by atoms with Gasteiger partial charge >= 0.3 is 0 Å². The normalized spacial score (nSPS) is 22.7. The molecule has 1 atom stereocenters. The first kappa shape index (κ1) is 15.0. The fourth-order valence-electron chi connectivity index (χ4n) is 3.88. The summed E-state index contributed by atoms with van der Waals surface area (Å²) in [4.78, 5) is 13.8. The van der Waals surface area contributed by atoms with Gasteiger partial charge < -0.3 is 11.1 Å². The van der Waals surface area contributed by atoms with Crippen LogP contribution in [0.25, 0.3) is 0 Å². The molecule has 2 saturated carbocycles. The molecule has 3 rings (SSSR count). The van der Waals surface area contributed by atoms with E-state index < -0.39 is 0 Å². The lowest BCUT2D eigenvalue weighted by atomic mass is 9.66. The maximum Gasteiger partial charge on any atom is 0.221 e. The molecular formula is C17H26N2OS. The summed E-state index contributed by atoms with van der Waals surface area (Å²) in [5.74, 6) is 0.813. The lowest BCUT2D eigenvalue weighted by molar-refractivity contribution is -0.125. The number of carbonyl (C=O) groups is 1. The zero-order valence-corrected chi connectivity index (χ0v) is 13.5. The van der Waals surface area contributed by atoms with Crippen molar-refractivity contribution in [3.63, 3.8) is 0 Å². The molecular weight excluding hydrogens is 280 g/mol. The van der Waals surface area contributed by atoms with Gasteiger partial charge in [-0.25, -0.2) is 0 Å². The molecule has 21 heavy (non-hydrogen) atoms. The molecule has 1 amide bonds. The minimum absolute atomic E-state index is 0.0970. The van der Waals surface area contributed by atoms with E-state index in [0.717, 1.165) is 12.8 Å². The van der Waals surface area contributed by atoms with Crippen LogP contribution in [0.4, 0.5) is 0 Å². The molecule has 4 heteroatoms. The Morgan fingerprint density at radius 2 is 2.14 bits per heavy atom. The van der Waals surface area contributed by atoms with Crippen LogP contribution in [0.5, 0.6) is 0 Å². The minimum atomic E-state index is 0.0970. The lowest BCUT2D eigenvalue weighted by Crippen LogP contribution is -2.43. The van der Waals surface area contributed by atoms with Crippen molar-refractivity contribution < 1.29 is 4.79 Å². The standard InChI is InChI=1S/C17H26N2OS/c18-12-17(8-4-9-17)11-15(20)19-16(13-5-1-2-6-13)14-7-3-10-21-14/h3,7,10,13,16H,1-2,4-6,8-9,11-12,18H2,(H,19,20). The van der Waals surface area contributed by atoms with Gasteiger partial charge in [-0.1, -0.05) is 25.3 Å². The third-order valence-electron chi connectivity index (χ3n) is 5.42. The second-order valence-electron chi connectivity index (χ2n) is 6.84. The van der Waals surface area contributed by atoms with Crippen molar-refractivity contribution in [2.24, 2.45) is 17.1 Å². The Bertz CT molecular complexity index is 456. The Hall–Kier alpha value is -0.870. The number of carbonyl (C=O) groups excluding carboxylic acids is 1. The number of nitrogens with one attached hydrogen (secondary N) is 1. The van der Waals surface area contributed by atoms with E-state index in [2.05, 4.69) is 22.8 Å². The Labute approximate surface area is 131 Å². The number of rotatable bonds is 6. The minimum Gasteiger partial charge on any atom is -0.348 e. The molecule has 2 aliphatic carbocycles. The van der Waals surface area contributed by atoms with E-state index in [-0.39, 0.29) is 17.4 Å². The average molecular weight is 306 g/mol. The monoisotopic (exact) mass is 306 g/mol. The third-order valence-corrected chi connectivity index (χ3v) is 6.38. The van der Waals surface area contributed by atoms with E-state index in [9.17, 15) is 4.79 Å². The average Bonchev–Trinajstić information content (AvgIpc) is 3.12. The van der Waals surface area contributed by atoms with Crippen LogP contribution in [0.2, 0.25) is 0 Å². The number of hydrogen-bond donors (Lipinski definition) is 2. The van der Waals surface area contributed by atoms with Crippen molar-refractivity contribution in [3.8, 4) is 0 Å². The molecule has 0 saturated heterocycles. The van der Waals surface area contributed by atoms with Crippen LogP contribution < -0.4 is 11.1 Å². The van der Waals surface area contributed by atoms with Gasteiger partial charge in [-0.2, -0.15) is 0 Å². The molecule has 116 valence electrons. The van der Waals surface area contributed by atoms with Gasteiger partial charge in [0.25, 0.3) is 0 Å². The largest absolute Gasteiger partial charge is 0.348 e. The van der Waals surface area contributed by atoms with Crippen molar-refractivity contribution in [3.05, 3.63) is 22.4 Å². The predicted molar refractivity (Wildman–Crippen MR) is 87.1 cm³/mol. The number of hydrogen-bond acceptors (Lipinski definition) is 3. The van der Waals surface area contributed by atoms with Gasteiger partial charge in [-0.3, -0.25) is 4.79 Å². The Morgan fingerprint density at radius 1 is 1.38 bits per heavy atom. The van der Waals surface area contributed by atoms with Gasteiger partial charge in [0.1, 0.15) is 0 Å². The van der Waals surface area contributed by atoms with E-state index in [1.165, 1.54) is 37.0 Å². The van der Waals surface area contributed by atoms with Crippen LogP contribution in [-0.4, -0.2) is 12.5 Å². The smallest absolute Gasteiger partial charge is 0.221 e. The van der Waals surface area contributed by atoms with Gasteiger partial charge in [0.2, 0.25) is 5.91 Å². The molecule has 0 aromatic carbocycles. The molecule has 1 heterocycles. The van der Waals surface area contributed by atoms with Crippen molar-refractivity contribution in [1.29, 1.82) is 0 Å². The predicted octanol–water partition coefficient (Wildman–Crippen LogP) is 3.61. The summed E-state index contributed by atoms with van der Waals surface area (Å²) < 4.78 is 0. The molecule has 1 aromatic rings. The van der Waals surface area contributed by atoms with E-state index in [1.807, 2.05) is 0 Å². The van der Waals surface area contributed by atoms with Crippen LogP contribution in [-0.2, 0) is 4.79 Å². The highest BCUT2D eigenvalue weighted by molar-refractivity contribution is 7.10. The summed E-state index contributed by atoms with van der Waals surface area (Å²) in [6.07, 6.45) is 9.15. The summed E-state index contributed by atoms with van der Waals surface area (Å²) in [5.41, 5.74) is 5.98. The number of amides is 1. The van der Waals surface area contributed by atoms with E-state index >= 15 is 0 Å². The Balaban J connectivity index is 1.65. The highest BCUT2D eigenvalue weighted by Gasteiger charge is 2.38. The zero-order chi connectivity index (χ0) is 14.7. The fourth-order valence-corrected chi connectivity index (χ4v) is 4.74. The molecule has 0 aliphatic heterocycles. The summed E-state index contributed by atoms with van der Waals surface area (Å²) in [6, 6.07) is 4.46. The summed E-state index contributed by atoms with van der Waals surface area (Å²) in [7, 11) is 0. The van der Waals surface area contributed by atoms with Crippen LogP contribution in [0.1, 0.15) is 62.3 Å². The zero-order valence-electron chi connectivity index (χ0n) is 12.6. The third kappa shape index (κ3) is 3.32. The van der Waals surface area contributed by atoms with Gasteiger partial charge in [0.15, 0.2) is 0 Å². The first-order valence-electron chi connectivity index (χ1n) is 8.25. The Kier molecular flexibility index (Phi) is 4.65. The van der Waals surface area contributed by atoms with Crippen molar-refractivity contribution in [2.45, 2.75) is 57.4 Å². The molecule has 3 nitrogen and oxygen atoms in total. The molecule has 3 N–H and O–H groups in total. The SMILES string of the molecule is NCC1(CC(=O)NC(c2cccs2)C2CCCC2)CCC1. The van der Waals surface area contributed by atoms with Gasteiger partial charge in [0.05, 0.1) is 6.04 Å². The van der Waals surface area contributed by atoms with Crippen LogP contribution in [0, 0.1) is 11.3 Å². The highest BCUT2D eigenvalue weighted by Crippen LogP contribution is 2.43. The van der Waals surface area contributed by atoms with Gasteiger partial charge in [-0.15, -0.1) is 11.3 Å². The van der Waals surface area contributed by atoms with E-state index in [1.54, 1.807) is 11.3 Å². The first-order chi connectivity index (χ1) is 10.2. The van der Waals surface area contributed by atoms with Crippen molar-refractivity contribution >= 4 is 17.2 Å². The molecule has 1 aromatic heterocycles. The van der Waals surface area contributed by atoms with Crippen molar-refractivity contribution in [1.82, 2.24) is 5.32 Å². The lowest BCUT2D eigenvalue weighted by Gasteiger charge is -2.40. The van der Waals surface area contributed by atoms with E-state index in [0.29, 0.717) is 18.9 Å². The highest BCUT2D eigenvalue weighted by atomic mass is 32.1. The van der Waals surface area contributed by atoms with Crippen LogP contribution >= 0.6 is 11.3 Å². The molecule has 2 fully saturated rings. The maximum absolute atomic E-state index is 12.5. The van der Waals surface area contributed by atoms with Crippen LogP contribution in [0.15, 0.2) is 17.5 Å². The number of thiophene rings is 1. The molecule has 2 aliphatic rings. The molecule has 1 unspecified atom stereocenters. The number of nitrogens with two attached hydrogens (primary N) is 1. The molecule has 0 radical (unpaired) electrons. The molecule has 0 spiro atoms. The second-order valence-corrected chi connectivity index (χ2v) is 7.82. The van der Waals surface area contributed by atoms with Gasteiger partial charge in [0, 0.05) is 11.3 Å². The first-order valence-corrected chi connectivity index (χ1v) is 9.13. The topological polar surface area (TPSA) is 55.1 Å². The summed E-state index contributed by atoms with van der Waals surface area (Å²) in [6.45, 7) is 0.646. The van der Waals surface area contributed by atoms with Crippen molar-refractivity contribution in [2.75, 3.05) is 6.54 Å². The quantitative estimate of drug-likeness (QED) is 0.843. The maximum atomic E-state index is 12.5. The fraction of sp³-hybridized carbons (Fsp3) is 0.706. The summed E-state index contributed by atoms with van der Waals surface area (Å²) in [5, 5.41) is 5.44. The summed E-state index contributed by atoms with van der Waals surface area (Å²) >= 11 is 1.76. The Morgan fingerprint density at radius 3 is 2.67 bits per heavy atom.